The predicted octanol–water partition coefficient (Wildman–Crippen LogP) is 3.83. The second kappa shape index (κ2) is 8.83. The summed E-state index contributed by atoms with van der Waals surface area (Å²) in [6.45, 7) is 0.558. The van der Waals surface area contributed by atoms with Crippen molar-refractivity contribution in [2.75, 3.05) is 5.73 Å². The van der Waals surface area contributed by atoms with Crippen LogP contribution in [-0.2, 0) is 13.2 Å². The molecule has 0 aliphatic rings. The molecule has 3 N–H and O–H groups in total. The highest BCUT2D eigenvalue weighted by Gasteiger charge is 2.21. The molecular weight excluding hydrogens is 377 g/mol. The molecule has 0 aromatic heterocycles. The SMILES string of the molecule is Nc1c(C(=O)NCc2ccc(COc3ccccc3)cc2)cc(F)cc1[N+](=O)[O-]. The summed E-state index contributed by atoms with van der Waals surface area (Å²) in [5.41, 5.74) is 6.10. The largest absolute Gasteiger partial charge is 0.489 e. The first-order chi connectivity index (χ1) is 13.9. The topological polar surface area (TPSA) is 107 Å². The third kappa shape index (κ3) is 5.07. The third-order valence-corrected chi connectivity index (χ3v) is 4.19. The number of benzene rings is 3. The van der Waals surface area contributed by atoms with Crippen molar-refractivity contribution in [1.82, 2.24) is 5.32 Å². The van der Waals surface area contributed by atoms with Crippen LogP contribution in [0.1, 0.15) is 21.5 Å². The summed E-state index contributed by atoms with van der Waals surface area (Å²) in [4.78, 5) is 22.4. The number of amides is 1. The normalized spacial score (nSPS) is 10.4. The maximum absolute atomic E-state index is 13.6. The number of nitrogens with one attached hydrogen (secondary N) is 1. The van der Waals surface area contributed by atoms with Crippen LogP contribution in [0.3, 0.4) is 0 Å². The molecule has 0 unspecified atom stereocenters. The molecule has 29 heavy (non-hydrogen) atoms. The van der Waals surface area contributed by atoms with Crippen LogP contribution in [-0.4, -0.2) is 10.8 Å². The second-order valence-electron chi connectivity index (χ2n) is 6.24. The van der Waals surface area contributed by atoms with E-state index in [-0.39, 0.29) is 17.8 Å². The molecule has 0 heterocycles. The van der Waals surface area contributed by atoms with Crippen molar-refractivity contribution in [3.63, 3.8) is 0 Å². The zero-order chi connectivity index (χ0) is 20.8. The molecule has 7 nitrogen and oxygen atoms in total. The third-order valence-electron chi connectivity index (χ3n) is 4.19. The molecule has 3 aromatic rings. The van der Waals surface area contributed by atoms with Crippen LogP contribution in [0.2, 0.25) is 0 Å². The molecule has 8 heteroatoms. The number of anilines is 1. The van der Waals surface area contributed by atoms with Crippen molar-refractivity contribution < 1.29 is 18.8 Å². The molecule has 0 aliphatic heterocycles. The standard InChI is InChI=1S/C21H18FN3O4/c22-16-10-18(20(23)19(11-16)25(27)28)21(26)24-12-14-6-8-15(9-7-14)13-29-17-4-2-1-3-5-17/h1-11H,12-13,23H2,(H,24,26). The Kier molecular flexibility index (Phi) is 6.03. The number of rotatable bonds is 7. The Morgan fingerprint density at radius 3 is 2.38 bits per heavy atom. The molecule has 148 valence electrons. The van der Waals surface area contributed by atoms with Gasteiger partial charge in [0.1, 0.15) is 23.9 Å². The van der Waals surface area contributed by atoms with Crippen LogP contribution in [0.15, 0.2) is 66.7 Å². The zero-order valence-electron chi connectivity index (χ0n) is 15.3. The summed E-state index contributed by atoms with van der Waals surface area (Å²) in [6.07, 6.45) is 0. The number of halogens is 1. The number of hydrogen-bond donors (Lipinski definition) is 2. The lowest BCUT2D eigenvalue weighted by Crippen LogP contribution is -2.24. The minimum Gasteiger partial charge on any atom is -0.489 e. The van der Waals surface area contributed by atoms with Crippen molar-refractivity contribution >= 4 is 17.3 Å². The number of nitrogens with two attached hydrogens (primary N) is 1. The molecular formula is C21H18FN3O4. The molecule has 0 spiro atoms. The number of para-hydroxylation sites is 1. The monoisotopic (exact) mass is 395 g/mol. The molecule has 3 rings (SSSR count). The smallest absolute Gasteiger partial charge is 0.295 e. The van der Waals surface area contributed by atoms with Gasteiger partial charge in [-0.1, -0.05) is 42.5 Å². The fourth-order valence-corrected chi connectivity index (χ4v) is 2.66. The minimum atomic E-state index is -0.904. The summed E-state index contributed by atoms with van der Waals surface area (Å²) in [5.74, 6) is -0.828. The van der Waals surface area contributed by atoms with Crippen molar-refractivity contribution in [3.8, 4) is 5.75 Å². The van der Waals surface area contributed by atoms with Crippen molar-refractivity contribution in [3.05, 3.63) is 99.4 Å². The number of nitrogen functional groups attached to an aromatic ring is 1. The molecule has 3 aromatic carbocycles. The van der Waals surface area contributed by atoms with Crippen LogP contribution in [0.25, 0.3) is 0 Å². The molecule has 0 bridgehead atoms. The highest BCUT2D eigenvalue weighted by molar-refractivity contribution is 6.01. The predicted molar refractivity (Wildman–Crippen MR) is 106 cm³/mol. The van der Waals surface area contributed by atoms with Gasteiger partial charge in [0.15, 0.2) is 0 Å². The Labute approximate surface area is 166 Å². The maximum atomic E-state index is 13.6. The first-order valence-electron chi connectivity index (χ1n) is 8.71. The van der Waals surface area contributed by atoms with E-state index in [2.05, 4.69) is 5.32 Å². The van der Waals surface area contributed by atoms with E-state index < -0.39 is 22.3 Å². The Morgan fingerprint density at radius 1 is 1.07 bits per heavy atom. The van der Waals surface area contributed by atoms with Gasteiger partial charge in [0.05, 0.1) is 16.6 Å². The Hall–Kier alpha value is -3.94. The maximum Gasteiger partial charge on any atom is 0.295 e. The molecule has 1 amide bonds. The van der Waals surface area contributed by atoms with E-state index in [4.69, 9.17) is 10.5 Å². The van der Waals surface area contributed by atoms with Gasteiger partial charge in [-0.2, -0.15) is 0 Å². The summed E-state index contributed by atoms with van der Waals surface area (Å²) in [5, 5.41) is 13.5. The molecule has 0 fully saturated rings. The summed E-state index contributed by atoms with van der Waals surface area (Å²) in [6, 6.07) is 18.4. The zero-order valence-corrected chi connectivity index (χ0v) is 15.3. The van der Waals surface area contributed by atoms with Gasteiger partial charge in [-0.25, -0.2) is 4.39 Å². The van der Waals surface area contributed by atoms with Crippen molar-refractivity contribution in [1.29, 1.82) is 0 Å². The van der Waals surface area contributed by atoms with E-state index in [1.54, 1.807) is 0 Å². The van der Waals surface area contributed by atoms with Crippen LogP contribution in [0, 0.1) is 15.9 Å². The first kappa shape index (κ1) is 19.8. The van der Waals surface area contributed by atoms with Gasteiger partial charge < -0.3 is 15.8 Å². The number of carbonyl (C=O) groups is 1. The highest BCUT2D eigenvalue weighted by Crippen LogP contribution is 2.26. The van der Waals surface area contributed by atoms with Crippen LogP contribution in [0.5, 0.6) is 5.75 Å². The van der Waals surface area contributed by atoms with E-state index in [1.807, 2.05) is 54.6 Å². The lowest BCUT2D eigenvalue weighted by Gasteiger charge is -2.09. The Bertz CT molecular complexity index is 1020. The van der Waals surface area contributed by atoms with Gasteiger partial charge in [0.25, 0.3) is 11.6 Å². The number of carbonyl (C=O) groups excluding carboxylic acids is 1. The van der Waals surface area contributed by atoms with E-state index in [1.165, 1.54) is 0 Å². The summed E-state index contributed by atoms with van der Waals surface area (Å²) in [7, 11) is 0. The van der Waals surface area contributed by atoms with E-state index >= 15 is 0 Å². The average molecular weight is 395 g/mol. The number of nitro benzene ring substituents is 1. The summed E-state index contributed by atoms with van der Waals surface area (Å²) < 4.78 is 19.2. The van der Waals surface area contributed by atoms with Crippen LogP contribution >= 0.6 is 0 Å². The molecule has 0 aliphatic carbocycles. The molecule has 0 radical (unpaired) electrons. The highest BCUT2D eigenvalue weighted by atomic mass is 19.1. The number of nitro groups is 1. The molecule has 0 saturated heterocycles. The van der Waals surface area contributed by atoms with E-state index in [0.717, 1.165) is 22.9 Å². The fourth-order valence-electron chi connectivity index (χ4n) is 2.66. The van der Waals surface area contributed by atoms with Gasteiger partial charge in [-0.05, 0) is 29.3 Å². The van der Waals surface area contributed by atoms with Gasteiger partial charge in [-0.15, -0.1) is 0 Å². The van der Waals surface area contributed by atoms with Crippen molar-refractivity contribution in [2.45, 2.75) is 13.2 Å². The van der Waals surface area contributed by atoms with Crippen molar-refractivity contribution in [2.24, 2.45) is 0 Å². The lowest BCUT2D eigenvalue weighted by atomic mass is 10.1. The van der Waals surface area contributed by atoms with Crippen LogP contribution < -0.4 is 15.8 Å². The lowest BCUT2D eigenvalue weighted by molar-refractivity contribution is -0.384. The van der Waals surface area contributed by atoms with Crippen LogP contribution in [0.4, 0.5) is 15.8 Å². The fraction of sp³-hybridized carbons (Fsp3) is 0.0952. The Balaban J connectivity index is 1.60. The van der Waals surface area contributed by atoms with E-state index in [0.29, 0.717) is 12.7 Å². The van der Waals surface area contributed by atoms with Gasteiger partial charge in [0, 0.05) is 6.54 Å². The first-order valence-corrected chi connectivity index (χ1v) is 8.71. The quantitative estimate of drug-likeness (QED) is 0.359. The number of ether oxygens (including phenoxy) is 1. The minimum absolute atomic E-state index is 0.155. The summed E-state index contributed by atoms with van der Waals surface area (Å²) >= 11 is 0. The van der Waals surface area contributed by atoms with Gasteiger partial charge >= 0.3 is 0 Å². The second-order valence-corrected chi connectivity index (χ2v) is 6.24. The number of nitrogens with zero attached hydrogens (tertiary/aromatic N) is 1. The number of hydrogen-bond acceptors (Lipinski definition) is 5. The average Bonchev–Trinajstić information content (AvgIpc) is 2.73. The van der Waals surface area contributed by atoms with Gasteiger partial charge in [-0.3, -0.25) is 14.9 Å². The molecule has 0 saturated carbocycles. The van der Waals surface area contributed by atoms with E-state index in [9.17, 15) is 19.3 Å². The molecule has 0 atom stereocenters. The van der Waals surface area contributed by atoms with Gasteiger partial charge in [0.2, 0.25) is 0 Å². The Morgan fingerprint density at radius 2 is 1.72 bits per heavy atom.